The number of hydrogen-bond acceptors (Lipinski definition) is 4. The predicted octanol–water partition coefficient (Wildman–Crippen LogP) is 3.60. The monoisotopic (exact) mass is 357 g/mol. The normalized spacial score (nSPS) is 16.6. The standard InChI is InChI=1S/C15H16ClN3OS.ClH/c1-8-2-4-10(11(16)6-8)14(20)19-15-18-12-5-3-9(17)7-13(12)21-15;/h2,4,6,9H,3,5,7,17H2,1H3,(H,18,19,20);1H/t9-;/m0./s1. The number of nitrogens with zero attached hydrogens (tertiary/aromatic N) is 1. The van der Waals surface area contributed by atoms with Crippen molar-refractivity contribution in [3.8, 4) is 0 Å². The molecule has 118 valence electrons. The van der Waals surface area contributed by atoms with Crippen LogP contribution in [0.4, 0.5) is 5.13 Å². The second-order valence-electron chi connectivity index (χ2n) is 5.33. The zero-order valence-corrected chi connectivity index (χ0v) is 14.4. The van der Waals surface area contributed by atoms with E-state index in [2.05, 4.69) is 10.3 Å². The highest BCUT2D eigenvalue weighted by Crippen LogP contribution is 2.30. The van der Waals surface area contributed by atoms with Gasteiger partial charge in [-0.05, 0) is 43.9 Å². The van der Waals surface area contributed by atoms with Crippen LogP contribution >= 0.6 is 35.3 Å². The number of nitrogens with two attached hydrogens (primary N) is 1. The van der Waals surface area contributed by atoms with Crippen LogP contribution in [0.3, 0.4) is 0 Å². The summed E-state index contributed by atoms with van der Waals surface area (Å²) in [5.41, 5.74) is 8.51. The van der Waals surface area contributed by atoms with Gasteiger partial charge in [0, 0.05) is 10.9 Å². The lowest BCUT2D eigenvalue weighted by Crippen LogP contribution is -2.27. The fourth-order valence-corrected chi connectivity index (χ4v) is 3.84. The van der Waals surface area contributed by atoms with E-state index in [9.17, 15) is 4.79 Å². The summed E-state index contributed by atoms with van der Waals surface area (Å²) in [4.78, 5) is 17.9. The summed E-state index contributed by atoms with van der Waals surface area (Å²) in [7, 11) is 0. The van der Waals surface area contributed by atoms with Crippen LogP contribution < -0.4 is 11.1 Å². The molecule has 1 aromatic heterocycles. The molecule has 0 fully saturated rings. The average molecular weight is 358 g/mol. The summed E-state index contributed by atoms with van der Waals surface area (Å²) in [6.45, 7) is 1.94. The molecule has 1 aromatic carbocycles. The number of nitrogens with one attached hydrogen (secondary N) is 1. The van der Waals surface area contributed by atoms with Crippen LogP contribution in [0, 0.1) is 6.92 Å². The lowest BCUT2D eigenvalue weighted by atomic mass is 9.99. The Balaban J connectivity index is 0.00000176. The maximum Gasteiger partial charge on any atom is 0.258 e. The second kappa shape index (κ2) is 6.96. The van der Waals surface area contributed by atoms with Crippen molar-refractivity contribution in [2.45, 2.75) is 32.2 Å². The molecule has 0 saturated carbocycles. The zero-order valence-electron chi connectivity index (χ0n) is 12.1. The van der Waals surface area contributed by atoms with Gasteiger partial charge in [-0.15, -0.1) is 23.7 Å². The van der Waals surface area contributed by atoms with Crippen molar-refractivity contribution < 1.29 is 4.79 Å². The summed E-state index contributed by atoms with van der Waals surface area (Å²) < 4.78 is 0. The first-order chi connectivity index (χ1) is 10.0. The summed E-state index contributed by atoms with van der Waals surface area (Å²) in [6.07, 6.45) is 2.68. The first-order valence-electron chi connectivity index (χ1n) is 6.84. The molecule has 1 aliphatic rings. The molecule has 3 N–H and O–H groups in total. The molecule has 0 aliphatic heterocycles. The maximum absolute atomic E-state index is 12.3. The predicted molar refractivity (Wildman–Crippen MR) is 93.5 cm³/mol. The molecular formula is C15H17Cl2N3OS. The van der Waals surface area contributed by atoms with Crippen molar-refractivity contribution in [1.29, 1.82) is 0 Å². The van der Waals surface area contributed by atoms with Crippen molar-refractivity contribution in [2.75, 3.05) is 5.32 Å². The van der Waals surface area contributed by atoms with Crippen LogP contribution in [0.15, 0.2) is 18.2 Å². The van der Waals surface area contributed by atoms with E-state index in [0.29, 0.717) is 15.7 Å². The van der Waals surface area contributed by atoms with Crippen LogP contribution in [0.5, 0.6) is 0 Å². The molecule has 1 amide bonds. The number of anilines is 1. The summed E-state index contributed by atoms with van der Waals surface area (Å²) >= 11 is 7.62. The van der Waals surface area contributed by atoms with E-state index >= 15 is 0 Å². The Morgan fingerprint density at radius 2 is 2.27 bits per heavy atom. The van der Waals surface area contributed by atoms with Gasteiger partial charge in [-0.25, -0.2) is 4.98 Å². The van der Waals surface area contributed by atoms with Crippen molar-refractivity contribution in [3.05, 3.63) is 44.9 Å². The number of benzene rings is 1. The van der Waals surface area contributed by atoms with E-state index in [1.54, 1.807) is 12.1 Å². The molecule has 0 spiro atoms. The number of aromatic nitrogens is 1. The lowest BCUT2D eigenvalue weighted by Gasteiger charge is -2.15. The van der Waals surface area contributed by atoms with Gasteiger partial charge in [0.25, 0.3) is 5.91 Å². The highest BCUT2D eigenvalue weighted by molar-refractivity contribution is 7.15. The van der Waals surface area contributed by atoms with Gasteiger partial charge in [-0.3, -0.25) is 10.1 Å². The highest BCUT2D eigenvalue weighted by atomic mass is 35.5. The minimum atomic E-state index is -0.226. The first-order valence-corrected chi connectivity index (χ1v) is 8.04. The van der Waals surface area contributed by atoms with Crippen LogP contribution in [-0.2, 0) is 12.8 Å². The van der Waals surface area contributed by atoms with Crippen molar-refractivity contribution in [2.24, 2.45) is 5.73 Å². The molecule has 1 atom stereocenters. The molecule has 1 aliphatic carbocycles. The molecule has 22 heavy (non-hydrogen) atoms. The van der Waals surface area contributed by atoms with E-state index in [0.717, 1.165) is 30.5 Å². The molecule has 2 aromatic rings. The van der Waals surface area contributed by atoms with Gasteiger partial charge in [0.05, 0.1) is 16.3 Å². The summed E-state index contributed by atoms with van der Waals surface area (Å²) in [5, 5.41) is 3.91. The van der Waals surface area contributed by atoms with Crippen LogP contribution in [-0.4, -0.2) is 16.9 Å². The molecule has 0 unspecified atom stereocenters. The third-order valence-corrected chi connectivity index (χ3v) is 4.92. The average Bonchev–Trinajstić information content (AvgIpc) is 2.79. The van der Waals surface area contributed by atoms with Crippen molar-refractivity contribution in [3.63, 3.8) is 0 Å². The number of carbonyl (C=O) groups excluding carboxylic acids is 1. The van der Waals surface area contributed by atoms with E-state index in [-0.39, 0.29) is 24.4 Å². The maximum atomic E-state index is 12.3. The van der Waals surface area contributed by atoms with Crippen molar-refractivity contribution >= 4 is 46.4 Å². The van der Waals surface area contributed by atoms with Crippen LogP contribution in [0.25, 0.3) is 0 Å². The second-order valence-corrected chi connectivity index (χ2v) is 6.82. The Morgan fingerprint density at radius 3 is 3.00 bits per heavy atom. The van der Waals surface area contributed by atoms with E-state index in [4.69, 9.17) is 17.3 Å². The number of rotatable bonds is 2. The zero-order chi connectivity index (χ0) is 15.0. The summed E-state index contributed by atoms with van der Waals surface area (Å²) in [5.74, 6) is -0.226. The molecule has 0 bridgehead atoms. The molecular weight excluding hydrogens is 341 g/mol. The Hall–Kier alpha value is -1.14. The van der Waals surface area contributed by atoms with Gasteiger partial charge in [-0.1, -0.05) is 17.7 Å². The first kappa shape index (κ1) is 17.2. The minimum Gasteiger partial charge on any atom is -0.327 e. The topological polar surface area (TPSA) is 68.0 Å². The number of hydrogen-bond donors (Lipinski definition) is 2. The molecule has 0 radical (unpaired) electrons. The fraction of sp³-hybridized carbons (Fsp3) is 0.333. The SMILES string of the molecule is Cc1ccc(C(=O)Nc2nc3c(s2)C[C@@H](N)CC3)c(Cl)c1.Cl. The van der Waals surface area contributed by atoms with Gasteiger partial charge in [0.1, 0.15) is 0 Å². The van der Waals surface area contributed by atoms with Gasteiger partial charge in [-0.2, -0.15) is 0 Å². The number of carbonyl (C=O) groups is 1. The number of thiazole rings is 1. The third kappa shape index (κ3) is 3.60. The number of fused-ring (bicyclic) bond motifs is 1. The molecule has 1 heterocycles. The number of halogens is 2. The Kier molecular flexibility index (Phi) is 5.45. The molecule has 3 rings (SSSR count). The fourth-order valence-electron chi connectivity index (χ4n) is 2.42. The highest BCUT2D eigenvalue weighted by Gasteiger charge is 2.21. The minimum absolute atomic E-state index is 0. The van der Waals surface area contributed by atoms with Crippen molar-refractivity contribution in [1.82, 2.24) is 4.98 Å². The Labute approximate surface area is 144 Å². The quantitative estimate of drug-likeness (QED) is 0.862. The largest absolute Gasteiger partial charge is 0.327 e. The molecule has 4 nitrogen and oxygen atoms in total. The molecule has 7 heteroatoms. The lowest BCUT2D eigenvalue weighted by molar-refractivity contribution is 0.102. The van der Waals surface area contributed by atoms with Gasteiger partial charge >= 0.3 is 0 Å². The van der Waals surface area contributed by atoms with Gasteiger partial charge in [0.15, 0.2) is 5.13 Å². The van der Waals surface area contributed by atoms with E-state index in [1.165, 1.54) is 16.2 Å². The van der Waals surface area contributed by atoms with Crippen LogP contribution in [0.1, 0.15) is 32.9 Å². The summed E-state index contributed by atoms with van der Waals surface area (Å²) in [6, 6.07) is 5.58. The number of aryl methyl sites for hydroxylation is 2. The van der Waals surface area contributed by atoms with Crippen LogP contribution in [0.2, 0.25) is 5.02 Å². The third-order valence-electron chi connectivity index (χ3n) is 3.57. The Morgan fingerprint density at radius 1 is 1.50 bits per heavy atom. The van der Waals surface area contributed by atoms with Gasteiger partial charge < -0.3 is 5.73 Å². The van der Waals surface area contributed by atoms with E-state index in [1.807, 2.05) is 13.0 Å². The smallest absolute Gasteiger partial charge is 0.258 e. The van der Waals surface area contributed by atoms with Gasteiger partial charge in [0.2, 0.25) is 0 Å². The van der Waals surface area contributed by atoms with E-state index < -0.39 is 0 Å². The Bertz CT molecular complexity index is 702. The molecule has 0 saturated heterocycles. The number of amides is 1.